The summed E-state index contributed by atoms with van der Waals surface area (Å²) in [5.74, 6) is 0. The van der Waals surface area contributed by atoms with Crippen LogP contribution in [0.2, 0.25) is 15.1 Å². The SMILES string of the molecule is Clc1cc(Cl)c(-n2nccc2-c2ccccc2)c(Cl)c1. The van der Waals surface area contributed by atoms with Crippen molar-refractivity contribution in [2.75, 3.05) is 0 Å². The van der Waals surface area contributed by atoms with Crippen LogP contribution in [0.5, 0.6) is 0 Å². The predicted molar refractivity (Wildman–Crippen MR) is 84.0 cm³/mol. The van der Waals surface area contributed by atoms with Crippen molar-refractivity contribution in [2.45, 2.75) is 0 Å². The van der Waals surface area contributed by atoms with E-state index in [0.717, 1.165) is 11.3 Å². The minimum Gasteiger partial charge on any atom is -0.230 e. The van der Waals surface area contributed by atoms with E-state index in [0.29, 0.717) is 20.8 Å². The minimum absolute atomic E-state index is 0.461. The molecule has 0 radical (unpaired) electrons. The van der Waals surface area contributed by atoms with Gasteiger partial charge in [-0.05, 0) is 18.2 Å². The maximum atomic E-state index is 6.26. The summed E-state index contributed by atoms with van der Waals surface area (Å²) in [5, 5.41) is 5.74. The topological polar surface area (TPSA) is 17.8 Å². The molecule has 0 saturated carbocycles. The van der Waals surface area contributed by atoms with Crippen LogP contribution < -0.4 is 0 Å². The van der Waals surface area contributed by atoms with Crippen molar-refractivity contribution in [1.82, 2.24) is 9.78 Å². The van der Waals surface area contributed by atoms with Crippen LogP contribution in [0.3, 0.4) is 0 Å². The molecule has 0 amide bonds. The Bertz CT molecular complexity index is 728. The van der Waals surface area contributed by atoms with E-state index in [1.54, 1.807) is 23.0 Å². The van der Waals surface area contributed by atoms with Crippen molar-refractivity contribution in [3.05, 3.63) is 69.8 Å². The molecule has 3 rings (SSSR count). The Labute approximate surface area is 131 Å². The van der Waals surface area contributed by atoms with Gasteiger partial charge in [0.2, 0.25) is 0 Å². The fourth-order valence-corrected chi connectivity index (χ4v) is 3.02. The van der Waals surface area contributed by atoms with Crippen LogP contribution in [0.4, 0.5) is 0 Å². The van der Waals surface area contributed by atoms with Gasteiger partial charge in [0.25, 0.3) is 0 Å². The predicted octanol–water partition coefficient (Wildman–Crippen LogP) is 5.50. The molecule has 1 aromatic heterocycles. The van der Waals surface area contributed by atoms with Crippen molar-refractivity contribution in [3.8, 4) is 16.9 Å². The molecular formula is C15H9Cl3N2. The van der Waals surface area contributed by atoms with Gasteiger partial charge in [-0.25, -0.2) is 4.68 Å². The fourth-order valence-electron chi connectivity index (χ4n) is 2.05. The van der Waals surface area contributed by atoms with E-state index in [2.05, 4.69) is 5.10 Å². The molecule has 100 valence electrons. The van der Waals surface area contributed by atoms with Crippen molar-refractivity contribution >= 4 is 34.8 Å². The van der Waals surface area contributed by atoms with Crippen LogP contribution in [0.15, 0.2) is 54.7 Å². The maximum Gasteiger partial charge on any atom is 0.103 e. The van der Waals surface area contributed by atoms with Gasteiger partial charge in [-0.1, -0.05) is 65.1 Å². The first-order valence-corrected chi connectivity index (χ1v) is 7.04. The molecule has 0 bridgehead atoms. The second kappa shape index (κ2) is 5.49. The number of nitrogens with zero attached hydrogens (tertiary/aromatic N) is 2. The molecule has 0 aliphatic rings. The van der Waals surface area contributed by atoms with Crippen LogP contribution in [-0.4, -0.2) is 9.78 Å². The third-order valence-corrected chi connectivity index (χ3v) is 3.70. The van der Waals surface area contributed by atoms with Crippen LogP contribution in [0.25, 0.3) is 16.9 Å². The molecule has 5 heteroatoms. The van der Waals surface area contributed by atoms with Gasteiger partial charge in [0, 0.05) is 10.6 Å². The molecule has 2 nitrogen and oxygen atoms in total. The summed E-state index contributed by atoms with van der Waals surface area (Å²) in [5.41, 5.74) is 2.57. The van der Waals surface area contributed by atoms with Gasteiger partial charge in [0.05, 0.1) is 21.9 Å². The molecule has 0 spiro atoms. The summed E-state index contributed by atoms with van der Waals surface area (Å²) in [6.45, 7) is 0. The monoisotopic (exact) mass is 322 g/mol. The second-order valence-electron chi connectivity index (χ2n) is 4.21. The third kappa shape index (κ3) is 2.42. The molecule has 1 heterocycles. The zero-order valence-electron chi connectivity index (χ0n) is 10.2. The number of hydrogen-bond acceptors (Lipinski definition) is 1. The number of rotatable bonds is 2. The summed E-state index contributed by atoms with van der Waals surface area (Å²) in [6.07, 6.45) is 1.71. The molecule has 2 aromatic carbocycles. The Morgan fingerprint density at radius 1 is 0.850 bits per heavy atom. The first-order chi connectivity index (χ1) is 9.66. The molecule has 3 aromatic rings. The zero-order chi connectivity index (χ0) is 14.1. The van der Waals surface area contributed by atoms with E-state index in [9.17, 15) is 0 Å². The molecule has 0 atom stereocenters. The summed E-state index contributed by atoms with van der Waals surface area (Å²) in [7, 11) is 0. The Hall–Kier alpha value is -1.48. The van der Waals surface area contributed by atoms with Gasteiger partial charge in [0.15, 0.2) is 0 Å². The zero-order valence-corrected chi connectivity index (χ0v) is 12.5. The highest BCUT2D eigenvalue weighted by atomic mass is 35.5. The molecule has 20 heavy (non-hydrogen) atoms. The van der Waals surface area contributed by atoms with Gasteiger partial charge in [-0.15, -0.1) is 0 Å². The Balaban J connectivity index is 2.21. The van der Waals surface area contributed by atoms with Crippen LogP contribution in [-0.2, 0) is 0 Å². The molecule has 0 fully saturated rings. The lowest BCUT2D eigenvalue weighted by molar-refractivity contribution is 0.888. The molecule has 0 aliphatic carbocycles. The number of aromatic nitrogens is 2. The number of hydrogen-bond donors (Lipinski definition) is 0. The van der Waals surface area contributed by atoms with E-state index in [-0.39, 0.29) is 0 Å². The van der Waals surface area contributed by atoms with E-state index < -0.39 is 0 Å². The van der Waals surface area contributed by atoms with Crippen LogP contribution in [0, 0.1) is 0 Å². The smallest absolute Gasteiger partial charge is 0.103 e. The van der Waals surface area contributed by atoms with Crippen molar-refractivity contribution in [1.29, 1.82) is 0 Å². The Kier molecular flexibility index (Phi) is 3.70. The maximum absolute atomic E-state index is 6.26. The lowest BCUT2D eigenvalue weighted by Crippen LogP contribution is -2.01. The lowest BCUT2D eigenvalue weighted by Gasteiger charge is -2.11. The molecule has 0 aliphatic heterocycles. The van der Waals surface area contributed by atoms with Gasteiger partial charge in [-0.2, -0.15) is 5.10 Å². The van der Waals surface area contributed by atoms with E-state index >= 15 is 0 Å². The van der Waals surface area contributed by atoms with Crippen molar-refractivity contribution in [2.24, 2.45) is 0 Å². The Morgan fingerprint density at radius 2 is 1.50 bits per heavy atom. The highest BCUT2D eigenvalue weighted by molar-refractivity contribution is 6.40. The second-order valence-corrected chi connectivity index (χ2v) is 5.46. The quantitative estimate of drug-likeness (QED) is 0.609. The summed E-state index contributed by atoms with van der Waals surface area (Å²) in [4.78, 5) is 0. The standard InChI is InChI=1S/C15H9Cl3N2/c16-11-8-12(17)15(13(18)9-11)20-14(6-7-19-20)10-4-2-1-3-5-10/h1-9H. The Morgan fingerprint density at radius 3 is 2.15 bits per heavy atom. The molecule has 0 saturated heterocycles. The summed E-state index contributed by atoms with van der Waals surface area (Å²) >= 11 is 18.5. The van der Waals surface area contributed by atoms with Gasteiger partial charge in [-0.3, -0.25) is 0 Å². The average molecular weight is 324 g/mol. The van der Waals surface area contributed by atoms with Crippen molar-refractivity contribution < 1.29 is 0 Å². The molecule has 0 unspecified atom stereocenters. The lowest BCUT2D eigenvalue weighted by atomic mass is 10.1. The van der Waals surface area contributed by atoms with Gasteiger partial charge in [0.1, 0.15) is 5.69 Å². The van der Waals surface area contributed by atoms with Crippen LogP contribution in [0.1, 0.15) is 0 Å². The highest BCUT2D eigenvalue weighted by Crippen LogP contribution is 2.34. The van der Waals surface area contributed by atoms with Gasteiger partial charge < -0.3 is 0 Å². The number of benzene rings is 2. The highest BCUT2D eigenvalue weighted by Gasteiger charge is 2.14. The largest absolute Gasteiger partial charge is 0.230 e. The molecular weight excluding hydrogens is 315 g/mol. The first-order valence-electron chi connectivity index (χ1n) is 5.91. The first kappa shape index (κ1) is 13.5. The minimum atomic E-state index is 0.461. The van der Waals surface area contributed by atoms with E-state index in [1.807, 2.05) is 36.4 Å². The molecule has 0 N–H and O–H groups in total. The number of halogens is 3. The third-order valence-electron chi connectivity index (χ3n) is 2.91. The summed E-state index contributed by atoms with van der Waals surface area (Å²) < 4.78 is 1.72. The normalized spacial score (nSPS) is 10.8. The summed E-state index contributed by atoms with van der Waals surface area (Å²) in [6, 6.07) is 15.1. The fraction of sp³-hybridized carbons (Fsp3) is 0. The van der Waals surface area contributed by atoms with E-state index in [4.69, 9.17) is 34.8 Å². The van der Waals surface area contributed by atoms with Crippen molar-refractivity contribution in [3.63, 3.8) is 0 Å². The van der Waals surface area contributed by atoms with Crippen LogP contribution >= 0.6 is 34.8 Å². The van der Waals surface area contributed by atoms with Gasteiger partial charge >= 0.3 is 0 Å². The van der Waals surface area contributed by atoms with E-state index in [1.165, 1.54) is 0 Å². The average Bonchev–Trinajstić information content (AvgIpc) is 2.87.